The summed E-state index contributed by atoms with van der Waals surface area (Å²) in [5, 5.41) is 18.3. The van der Waals surface area contributed by atoms with Crippen LogP contribution in [0.3, 0.4) is 0 Å². The monoisotopic (exact) mass is 511 g/mol. The lowest BCUT2D eigenvalue weighted by molar-refractivity contribution is -0.206. The van der Waals surface area contributed by atoms with Gasteiger partial charge in [0.2, 0.25) is 0 Å². The van der Waals surface area contributed by atoms with Gasteiger partial charge in [0.05, 0.1) is 5.52 Å². The second-order valence-electron chi connectivity index (χ2n) is 9.17. The minimum atomic E-state index is -4.77. The van der Waals surface area contributed by atoms with Crippen LogP contribution in [-0.2, 0) is 4.74 Å². The van der Waals surface area contributed by atoms with Gasteiger partial charge < -0.3 is 25.6 Å². The number of rotatable bonds is 5. The Morgan fingerprint density at radius 3 is 2.27 bits per heavy atom. The topological polar surface area (TPSA) is 84.3 Å². The number of nitrogens with zero attached hydrogens (tertiary/aromatic N) is 1. The minimum Gasteiger partial charge on any atom is -0.398 e. The van der Waals surface area contributed by atoms with Crippen LogP contribution < -0.4 is 5.73 Å². The van der Waals surface area contributed by atoms with Crippen LogP contribution in [0.15, 0.2) is 60.7 Å². The summed E-state index contributed by atoms with van der Waals surface area (Å²) in [7, 11) is 0. The molecule has 9 heteroatoms. The van der Waals surface area contributed by atoms with Crippen LogP contribution in [0.5, 0.6) is 0 Å². The fourth-order valence-corrected chi connectivity index (χ4v) is 5.06. The van der Waals surface area contributed by atoms with Crippen molar-refractivity contribution in [1.29, 1.82) is 5.41 Å². The van der Waals surface area contributed by atoms with Gasteiger partial charge in [0.1, 0.15) is 5.82 Å². The van der Waals surface area contributed by atoms with E-state index in [2.05, 4.69) is 0 Å². The highest BCUT2D eigenvalue weighted by Gasteiger charge is 2.39. The van der Waals surface area contributed by atoms with E-state index in [1.807, 2.05) is 4.57 Å². The molecule has 37 heavy (non-hydrogen) atoms. The predicted octanol–water partition coefficient (Wildman–Crippen LogP) is 6.51. The van der Waals surface area contributed by atoms with Gasteiger partial charge in [-0.25, -0.2) is 4.39 Å². The summed E-state index contributed by atoms with van der Waals surface area (Å²) in [6.07, 6.45) is -4.74. The minimum absolute atomic E-state index is 0.0475. The first-order chi connectivity index (χ1) is 17.7. The van der Waals surface area contributed by atoms with Gasteiger partial charge in [0, 0.05) is 58.9 Å². The van der Waals surface area contributed by atoms with Gasteiger partial charge in [-0.2, -0.15) is 13.2 Å². The van der Waals surface area contributed by atoms with Crippen LogP contribution in [0.4, 0.5) is 23.2 Å². The van der Waals surface area contributed by atoms with E-state index in [0.717, 1.165) is 41.2 Å². The number of anilines is 1. The molecule has 5 nitrogen and oxygen atoms in total. The molecule has 0 spiro atoms. The van der Waals surface area contributed by atoms with Crippen molar-refractivity contribution in [3.8, 4) is 16.8 Å². The zero-order valence-corrected chi connectivity index (χ0v) is 19.7. The SMILES string of the molecule is N=Cc1cc2c(cc1N)c(-c1ccc(C(O)C(F)(F)F)cc1)c(C1CCOCC1)n2-c1ccc(F)cc1. The molecule has 192 valence electrons. The predicted molar refractivity (Wildman–Crippen MR) is 135 cm³/mol. The molecule has 4 aromatic rings. The number of fused-ring (bicyclic) bond motifs is 1. The average molecular weight is 512 g/mol. The number of nitrogens with two attached hydrogens (primary N) is 1. The van der Waals surface area contributed by atoms with Gasteiger partial charge in [0.25, 0.3) is 0 Å². The first kappa shape index (κ1) is 25.0. The summed E-state index contributed by atoms with van der Waals surface area (Å²) >= 11 is 0. The van der Waals surface area contributed by atoms with Crippen LogP contribution >= 0.6 is 0 Å². The molecule has 2 heterocycles. The van der Waals surface area contributed by atoms with Gasteiger partial charge in [-0.05, 0) is 60.4 Å². The van der Waals surface area contributed by atoms with E-state index in [-0.39, 0.29) is 17.3 Å². The zero-order chi connectivity index (χ0) is 26.3. The Kier molecular flexibility index (Phi) is 6.51. The third-order valence-electron chi connectivity index (χ3n) is 6.88. The summed E-state index contributed by atoms with van der Waals surface area (Å²) in [6, 6.07) is 15.3. The molecule has 1 atom stereocenters. The standard InChI is InChI=1S/C28H25F4N3O2/c29-20-5-7-21(8-6-20)35-24-13-19(15-33)23(34)14-22(24)25(26(35)17-9-11-37-12-10-17)16-1-3-18(4-2-16)27(36)28(30,31)32/h1-8,13-15,17,27,33,36H,9-12,34H2. The molecule has 1 aliphatic rings. The van der Waals surface area contributed by atoms with Gasteiger partial charge >= 0.3 is 6.18 Å². The van der Waals surface area contributed by atoms with Crippen LogP contribution in [0.25, 0.3) is 27.7 Å². The van der Waals surface area contributed by atoms with Crippen LogP contribution in [0.1, 0.15) is 41.7 Å². The van der Waals surface area contributed by atoms with Gasteiger partial charge in [0.15, 0.2) is 6.10 Å². The second kappa shape index (κ2) is 9.64. The third kappa shape index (κ3) is 4.60. The number of alkyl halides is 3. The Balaban J connectivity index is 1.81. The molecule has 1 saturated heterocycles. The molecular weight excluding hydrogens is 486 g/mol. The molecular formula is C28H25F4N3O2. The highest BCUT2D eigenvalue weighted by atomic mass is 19.4. The molecule has 0 amide bonds. The molecule has 3 aromatic carbocycles. The van der Waals surface area contributed by atoms with Crippen molar-refractivity contribution in [2.45, 2.75) is 31.0 Å². The summed E-state index contributed by atoms with van der Waals surface area (Å²) in [4.78, 5) is 0. The normalized spacial score (nSPS) is 15.7. The van der Waals surface area contributed by atoms with Crippen molar-refractivity contribution in [3.05, 3.63) is 83.3 Å². The van der Waals surface area contributed by atoms with E-state index in [0.29, 0.717) is 35.7 Å². The maximum Gasteiger partial charge on any atom is 0.418 e. The fraction of sp³-hybridized carbons (Fsp3) is 0.250. The Bertz CT molecular complexity index is 1440. The van der Waals surface area contributed by atoms with E-state index in [1.165, 1.54) is 24.3 Å². The molecule has 1 aromatic heterocycles. The summed E-state index contributed by atoms with van der Waals surface area (Å²) in [6.45, 7) is 1.11. The third-order valence-corrected chi connectivity index (χ3v) is 6.88. The van der Waals surface area contributed by atoms with Crippen molar-refractivity contribution in [2.75, 3.05) is 18.9 Å². The number of hydrogen-bond acceptors (Lipinski definition) is 4. The van der Waals surface area contributed by atoms with E-state index in [1.54, 1.807) is 36.4 Å². The lowest BCUT2D eigenvalue weighted by Crippen LogP contribution is -2.20. The summed E-state index contributed by atoms with van der Waals surface area (Å²) in [5.41, 5.74) is 10.7. The molecule has 0 saturated carbocycles. The molecule has 1 unspecified atom stereocenters. The van der Waals surface area contributed by atoms with Gasteiger partial charge in [-0.3, -0.25) is 0 Å². The first-order valence-electron chi connectivity index (χ1n) is 11.9. The fourth-order valence-electron chi connectivity index (χ4n) is 5.06. The number of aliphatic hydroxyl groups is 1. The van der Waals surface area contributed by atoms with Gasteiger partial charge in [-0.1, -0.05) is 24.3 Å². The lowest BCUT2D eigenvalue weighted by atomic mass is 9.89. The maximum absolute atomic E-state index is 13.8. The highest BCUT2D eigenvalue weighted by molar-refractivity contribution is 6.04. The number of benzene rings is 3. The molecule has 4 N–H and O–H groups in total. The molecule has 1 aliphatic heterocycles. The van der Waals surface area contributed by atoms with E-state index in [9.17, 15) is 22.7 Å². The Morgan fingerprint density at radius 2 is 1.68 bits per heavy atom. The molecule has 5 rings (SSSR count). The van der Waals surface area contributed by atoms with Crippen molar-refractivity contribution in [1.82, 2.24) is 4.57 Å². The van der Waals surface area contributed by atoms with Crippen LogP contribution in [-0.4, -0.2) is 35.3 Å². The Morgan fingerprint density at radius 1 is 1.03 bits per heavy atom. The van der Waals surface area contributed by atoms with E-state index >= 15 is 0 Å². The smallest absolute Gasteiger partial charge is 0.398 e. The lowest BCUT2D eigenvalue weighted by Gasteiger charge is -2.26. The molecule has 0 radical (unpaired) electrons. The number of aliphatic hydroxyl groups excluding tert-OH is 1. The summed E-state index contributed by atoms with van der Waals surface area (Å²) < 4.78 is 60.7. The summed E-state index contributed by atoms with van der Waals surface area (Å²) in [5.74, 6) is -0.331. The van der Waals surface area contributed by atoms with Crippen molar-refractivity contribution in [3.63, 3.8) is 0 Å². The van der Waals surface area contributed by atoms with Crippen molar-refractivity contribution < 1.29 is 27.4 Å². The number of halogens is 4. The molecule has 0 bridgehead atoms. The molecule has 0 aliphatic carbocycles. The number of aromatic nitrogens is 1. The van der Waals surface area contributed by atoms with E-state index < -0.39 is 12.3 Å². The highest BCUT2D eigenvalue weighted by Crippen LogP contribution is 2.45. The van der Waals surface area contributed by atoms with E-state index in [4.69, 9.17) is 15.9 Å². The quantitative estimate of drug-likeness (QED) is 0.162. The van der Waals surface area contributed by atoms with Crippen molar-refractivity contribution >= 4 is 22.8 Å². The Labute approximate surface area is 210 Å². The van der Waals surface area contributed by atoms with Crippen LogP contribution in [0, 0.1) is 11.2 Å². The number of ether oxygens (including phenoxy) is 1. The average Bonchev–Trinajstić information content (AvgIpc) is 3.22. The first-order valence-corrected chi connectivity index (χ1v) is 11.9. The number of nitrogens with one attached hydrogen (secondary N) is 1. The van der Waals surface area contributed by atoms with Gasteiger partial charge in [-0.15, -0.1) is 0 Å². The number of hydrogen-bond donors (Lipinski definition) is 3. The zero-order valence-electron chi connectivity index (χ0n) is 19.7. The number of nitrogen functional groups attached to an aromatic ring is 1. The van der Waals surface area contributed by atoms with Crippen LogP contribution in [0.2, 0.25) is 0 Å². The van der Waals surface area contributed by atoms with Crippen molar-refractivity contribution in [2.24, 2.45) is 0 Å². The maximum atomic E-state index is 13.8. The molecule has 1 fully saturated rings. The Hall–Kier alpha value is -3.69. The largest absolute Gasteiger partial charge is 0.418 e. The second-order valence-corrected chi connectivity index (χ2v) is 9.17.